The first kappa shape index (κ1) is 14.0. The van der Waals surface area contributed by atoms with Crippen LogP contribution in [0.4, 0.5) is 0 Å². The average Bonchev–Trinajstić information content (AvgIpc) is 2.43. The highest BCUT2D eigenvalue weighted by molar-refractivity contribution is 5.94. The smallest absolute Gasteiger partial charge is 0.337 e. The van der Waals surface area contributed by atoms with Crippen molar-refractivity contribution in [2.45, 2.75) is 18.9 Å². The van der Waals surface area contributed by atoms with Crippen LogP contribution in [-0.4, -0.2) is 52.4 Å². The van der Waals surface area contributed by atoms with Crippen LogP contribution in [0.5, 0.6) is 0 Å². The lowest BCUT2D eigenvalue weighted by atomic mass is 10.1. The number of carboxylic acids is 1. The quantitative estimate of drug-likeness (QED) is 0.818. The largest absolute Gasteiger partial charge is 0.478 e. The number of hydrogen-bond acceptors (Lipinski definition) is 4. The third-order valence-corrected chi connectivity index (χ3v) is 3.20. The summed E-state index contributed by atoms with van der Waals surface area (Å²) >= 11 is 0. The Morgan fingerprint density at radius 1 is 1.45 bits per heavy atom. The number of likely N-dealkylation sites (tertiary alicyclic amines) is 1. The number of amides is 2. The fourth-order valence-corrected chi connectivity index (χ4v) is 2.04. The molecule has 0 radical (unpaired) electrons. The van der Waals surface area contributed by atoms with Crippen molar-refractivity contribution in [3.05, 3.63) is 29.6 Å². The number of carbonyl (C=O) groups excluding carboxylic acids is 2. The molecule has 2 N–H and O–H groups in total. The van der Waals surface area contributed by atoms with Crippen LogP contribution < -0.4 is 5.32 Å². The molecule has 0 spiro atoms. The second-order valence-electron chi connectivity index (χ2n) is 4.72. The highest BCUT2D eigenvalue weighted by Crippen LogP contribution is 2.10. The molecule has 20 heavy (non-hydrogen) atoms. The first-order valence-electron chi connectivity index (χ1n) is 6.21. The van der Waals surface area contributed by atoms with E-state index in [9.17, 15) is 14.4 Å². The number of nitrogens with one attached hydrogen (secondary N) is 1. The van der Waals surface area contributed by atoms with Crippen molar-refractivity contribution in [3.63, 3.8) is 0 Å². The molecule has 0 aromatic carbocycles. The van der Waals surface area contributed by atoms with Gasteiger partial charge in [-0.15, -0.1) is 0 Å². The number of hydrogen-bond donors (Lipinski definition) is 2. The summed E-state index contributed by atoms with van der Waals surface area (Å²) in [6, 6.07) is 2.60. The average molecular weight is 277 g/mol. The number of piperidine rings is 1. The van der Waals surface area contributed by atoms with Crippen LogP contribution in [0.2, 0.25) is 0 Å². The molecule has 7 nitrogen and oxygen atoms in total. The van der Waals surface area contributed by atoms with E-state index >= 15 is 0 Å². The van der Waals surface area contributed by atoms with Gasteiger partial charge in [-0.05, 0) is 18.6 Å². The van der Waals surface area contributed by atoms with E-state index in [1.54, 1.807) is 11.9 Å². The van der Waals surface area contributed by atoms with Gasteiger partial charge in [0.05, 0.1) is 5.56 Å². The molecule has 0 saturated carbocycles. The van der Waals surface area contributed by atoms with E-state index < -0.39 is 5.97 Å². The third-order valence-electron chi connectivity index (χ3n) is 3.20. The van der Waals surface area contributed by atoms with Crippen molar-refractivity contribution in [2.24, 2.45) is 0 Å². The van der Waals surface area contributed by atoms with E-state index in [2.05, 4.69) is 10.3 Å². The van der Waals surface area contributed by atoms with Gasteiger partial charge in [0.15, 0.2) is 0 Å². The number of aromatic nitrogens is 1. The van der Waals surface area contributed by atoms with Crippen molar-refractivity contribution >= 4 is 17.8 Å². The topological polar surface area (TPSA) is 99.6 Å². The summed E-state index contributed by atoms with van der Waals surface area (Å²) in [5.41, 5.74) is 0.194. The maximum atomic E-state index is 12.0. The van der Waals surface area contributed by atoms with Gasteiger partial charge in [0.1, 0.15) is 5.69 Å². The van der Waals surface area contributed by atoms with Gasteiger partial charge in [0, 0.05) is 32.3 Å². The molecular formula is C13H15N3O4. The SMILES string of the molecule is CN1CC(NC(=O)c2ccc(C(=O)O)cn2)CCC1=O. The summed E-state index contributed by atoms with van der Waals surface area (Å²) in [5.74, 6) is -1.38. The van der Waals surface area contributed by atoms with Gasteiger partial charge in [0.25, 0.3) is 5.91 Å². The summed E-state index contributed by atoms with van der Waals surface area (Å²) in [7, 11) is 1.69. The molecule has 1 fully saturated rings. The van der Waals surface area contributed by atoms with Crippen LogP contribution in [0.3, 0.4) is 0 Å². The molecule has 2 heterocycles. The van der Waals surface area contributed by atoms with Gasteiger partial charge < -0.3 is 15.3 Å². The van der Waals surface area contributed by atoms with E-state index in [1.807, 2.05) is 0 Å². The molecule has 0 aliphatic carbocycles. The van der Waals surface area contributed by atoms with Crippen molar-refractivity contribution in [1.29, 1.82) is 0 Å². The minimum atomic E-state index is -1.09. The van der Waals surface area contributed by atoms with Gasteiger partial charge in [-0.2, -0.15) is 0 Å². The van der Waals surface area contributed by atoms with E-state index in [-0.39, 0.29) is 29.1 Å². The van der Waals surface area contributed by atoms with E-state index in [0.717, 1.165) is 6.20 Å². The fraction of sp³-hybridized carbons (Fsp3) is 0.385. The Kier molecular flexibility index (Phi) is 3.97. The first-order valence-corrected chi connectivity index (χ1v) is 6.21. The van der Waals surface area contributed by atoms with Crippen molar-refractivity contribution < 1.29 is 19.5 Å². The lowest BCUT2D eigenvalue weighted by Crippen LogP contribution is -2.48. The van der Waals surface area contributed by atoms with Gasteiger partial charge in [-0.3, -0.25) is 14.6 Å². The molecule has 2 amide bonds. The Hall–Kier alpha value is -2.44. The van der Waals surface area contributed by atoms with Crippen molar-refractivity contribution in [1.82, 2.24) is 15.2 Å². The Bertz CT molecular complexity index is 541. The monoisotopic (exact) mass is 277 g/mol. The van der Waals surface area contributed by atoms with Crippen LogP contribution in [-0.2, 0) is 4.79 Å². The molecule has 1 aromatic heterocycles. The highest BCUT2D eigenvalue weighted by atomic mass is 16.4. The zero-order chi connectivity index (χ0) is 14.7. The fourth-order valence-electron chi connectivity index (χ4n) is 2.04. The van der Waals surface area contributed by atoms with Crippen LogP contribution >= 0.6 is 0 Å². The molecule has 1 unspecified atom stereocenters. The lowest BCUT2D eigenvalue weighted by molar-refractivity contribution is -0.132. The zero-order valence-corrected chi connectivity index (χ0v) is 11.0. The normalized spacial score (nSPS) is 18.8. The summed E-state index contributed by atoms with van der Waals surface area (Å²) in [4.78, 5) is 39.4. The molecule has 106 valence electrons. The number of nitrogens with zero attached hydrogens (tertiary/aromatic N) is 2. The zero-order valence-electron chi connectivity index (χ0n) is 11.0. The summed E-state index contributed by atoms with van der Waals surface area (Å²) < 4.78 is 0. The Labute approximate surface area is 115 Å². The predicted octanol–water partition coefficient (Wildman–Crippen LogP) is 0.130. The summed E-state index contributed by atoms with van der Waals surface area (Å²) in [5, 5.41) is 11.5. The number of likely N-dealkylation sites (N-methyl/N-ethyl adjacent to an activating group) is 1. The van der Waals surface area contributed by atoms with Gasteiger partial charge in [-0.1, -0.05) is 0 Å². The Balaban J connectivity index is 1.98. The molecule has 1 saturated heterocycles. The van der Waals surface area contributed by atoms with E-state index in [0.29, 0.717) is 19.4 Å². The van der Waals surface area contributed by atoms with Gasteiger partial charge in [0.2, 0.25) is 5.91 Å². The first-order chi connectivity index (χ1) is 9.47. The lowest BCUT2D eigenvalue weighted by Gasteiger charge is -2.30. The number of rotatable bonds is 3. The Morgan fingerprint density at radius 3 is 2.75 bits per heavy atom. The van der Waals surface area contributed by atoms with E-state index in [1.165, 1.54) is 12.1 Å². The maximum Gasteiger partial charge on any atom is 0.337 e. The van der Waals surface area contributed by atoms with E-state index in [4.69, 9.17) is 5.11 Å². The molecule has 1 aliphatic rings. The minimum absolute atomic E-state index is 0.0320. The molecule has 1 atom stereocenters. The summed E-state index contributed by atoms with van der Waals surface area (Å²) in [6.07, 6.45) is 2.16. The summed E-state index contributed by atoms with van der Waals surface area (Å²) in [6.45, 7) is 0.470. The maximum absolute atomic E-state index is 12.0. The molecule has 7 heteroatoms. The molecular weight excluding hydrogens is 262 g/mol. The third kappa shape index (κ3) is 3.11. The minimum Gasteiger partial charge on any atom is -0.478 e. The van der Waals surface area contributed by atoms with Gasteiger partial charge in [-0.25, -0.2) is 4.79 Å². The second-order valence-corrected chi connectivity index (χ2v) is 4.72. The molecule has 1 aliphatic heterocycles. The number of carbonyl (C=O) groups is 3. The van der Waals surface area contributed by atoms with Crippen molar-refractivity contribution in [3.8, 4) is 0 Å². The van der Waals surface area contributed by atoms with Crippen LogP contribution in [0, 0.1) is 0 Å². The van der Waals surface area contributed by atoms with Crippen LogP contribution in [0.1, 0.15) is 33.7 Å². The van der Waals surface area contributed by atoms with Crippen LogP contribution in [0.25, 0.3) is 0 Å². The van der Waals surface area contributed by atoms with Crippen molar-refractivity contribution in [2.75, 3.05) is 13.6 Å². The number of pyridine rings is 1. The van der Waals surface area contributed by atoms with Gasteiger partial charge >= 0.3 is 5.97 Å². The molecule has 1 aromatic rings. The number of carboxylic acid groups (broad SMARTS) is 1. The second kappa shape index (κ2) is 5.68. The highest BCUT2D eigenvalue weighted by Gasteiger charge is 2.24. The predicted molar refractivity (Wildman–Crippen MR) is 69.3 cm³/mol. The standard InChI is InChI=1S/C13H15N3O4/c1-16-7-9(3-5-11(16)17)15-12(18)10-4-2-8(6-14-10)13(19)20/h2,4,6,9H,3,5,7H2,1H3,(H,15,18)(H,19,20). The van der Waals surface area contributed by atoms with Crippen LogP contribution in [0.15, 0.2) is 18.3 Å². The number of aromatic carboxylic acids is 1. The molecule has 0 bridgehead atoms. The Morgan fingerprint density at radius 2 is 2.20 bits per heavy atom. The molecule has 2 rings (SSSR count).